The van der Waals surface area contributed by atoms with Crippen molar-refractivity contribution in [3.05, 3.63) is 29.8 Å². The molecule has 2 heteroatoms. The monoisotopic (exact) mass is 277 g/mol. The van der Waals surface area contributed by atoms with Crippen LogP contribution in [0, 0.1) is 5.92 Å². The van der Waals surface area contributed by atoms with E-state index in [1.54, 1.807) is 5.19 Å². The maximum atomic E-state index is 2.46. The van der Waals surface area contributed by atoms with Gasteiger partial charge >= 0.3 is 0 Å². The van der Waals surface area contributed by atoms with Crippen molar-refractivity contribution in [3.63, 3.8) is 0 Å². The first kappa shape index (κ1) is 16.5. The summed E-state index contributed by atoms with van der Waals surface area (Å²) in [5.74, 6) is 0.770. The van der Waals surface area contributed by atoms with E-state index in [0.29, 0.717) is 6.04 Å². The molecule has 0 aliphatic heterocycles. The zero-order chi connectivity index (χ0) is 14.6. The van der Waals surface area contributed by atoms with E-state index in [1.807, 2.05) is 0 Å². The minimum atomic E-state index is -1.15. The van der Waals surface area contributed by atoms with Gasteiger partial charge < -0.3 is 0 Å². The first-order valence-corrected chi connectivity index (χ1v) is 11.0. The molecular weight excluding hydrogens is 246 g/mol. The fraction of sp³-hybridized carbons (Fsp3) is 0.647. The second kappa shape index (κ2) is 6.71. The smallest absolute Gasteiger partial charge is 0.0775 e. The highest BCUT2D eigenvalue weighted by Crippen LogP contribution is 2.13. The fourth-order valence-corrected chi connectivity index (χ4v) is 3.58. The van der Waals surface area contributed by atoms with Crippen LogP contribution in [-0.2, 0) is 6.54 Å². The van der Waals surface area contributed by atoms with Crippen molar-refractivity contribution < 1.29 is 0 Å². The van der Waals surface area contributed by atoms with Crippen LogP contribution in [0.15, 0.2) is 24.3 Å². The fourth-order valence-electron chi connectivity index (χ4n) is 2.42. The lowest BCUT2D eigenvalue weighted by molar-refractivity contribution is 0.220. The van der Waals surface area contributed by atoms with Crippen molar-refractivity contribution in [3.8, 4) is 0 Å². The molecule has 19 heavy (non-hydrogen) atoms. The normalized spacial score (nSPS) is 14.2. The van der Waals surface area contributed by atoms with Gasteiger partial charge in [-0.15, -0.1) is 0 Å². The summed E-state index contributed by atoms with van der Waals surface area (Å²) in [5.41, 5.74) is 1.43. The number of hydrogen-bond acceptors (Lipinski definition) is 1. The van der Waals surface area contributed by atoms with Crippen molar-refractivity contribution in [2.75, 3.05) is 7.05 Å². The van der Waals surface area contributed by atoms with E-state index in [4.69, 9.17) is 0 Å². The molecular formula is C17H31NSi. The van der Waals surface area contributed by atoms with Crippen LogP contribution in [0.2, 0.25) is 19.6 Å². The molecule has 1 unspecified atom stereocenters. The van der Waals surface area contributed by atoms with Gasteiger partial charge in [0.1, 0.15) is 0 Å². The number of hydrogen-bond donors (Lipinski definition) is 0. The van der Waals surface area contributed by atoms with Crippen LogP contribution >= 0.6 is 0 Å². The van der Waals surface area contributed by atoms with E-state index in [0.717, 1.165) is 12.5 Å². The average molecular weight is 278 g/mol. The third-order valence-corrected chi connectivity index (χ3v) is 5.88. The van der Waals surface area contributed by atoms with Gasteiger partial charge in [0.15, 0.2) is 0 Å². The third kappa shape index (κ3) is 5.49. The molecule has 0 aliphatic carbocycles. The van der Waals surface area contributed by atoms with Crippen molar-refractivity contribution >= 4 is 13.3 Å². The summed E-state index contributed by atoms with van der Waals surface area (Å²) in [6.45, 7) is 15.2. The molecule has 0 fully saturated rings. The van der Waals surface area contributed by atoms with Crippen LogP contribution < -0.4 is 5.19 Å². The van der Waals surface area contributed by atoms with Crippen molar-refractivity contribution in [1.82, 2.24) is 4.90 Å². The largest absolute Gasteiger partial charge is 0.299 e. The third-order valence-electron chi connectivity index (χ3n) is 3.82. The van der Waals surface area contributed by atoms with E-state index in [2.05, 4.69) is 76.6 Å². The standard InChI is InChI=1S/C17H31NSi/c1-14(2)12-15(3)18(4)13-16-8-10-17(11-9-16)19(5,6)7/h8-11,14-15H,12-13H2,1-7H3. The van der Waals surface area contributed by atoms with Crippen LogP contribution in [0.5, 0.6) is 0 Å². The lowest BCUT2D eigenvalue weighted by Gasteiger charge is -2.26. The predicted molar refractivity (Wildman–Crippen MR) is 89.8 cm³/mol. The topological polar surface area (TPSA) is 3.24 Å². The Hall–Kier alpha value is -0.603. The Bertz CT molecular complexity index is 375. The summed E-state index contributed by atoms with van der Waals surface area (Å²) in [7, 11) is 1.08. The van der Waals surface area contributed by atoms with Gasteiger partial charge in [0.25, 0.3) is 0 Å². The molecule has 0 saturated heterocycles. The molecule has 1 aromatic carbocycles. The summed E-state index contributed by atoms with van der Waals surface area (Å²) < 4.78 is 0. The summed E-state index contributed by atoms with van der Waals surface area (Å²) in [5, 5.41) is 1.55. The van der Waals surface area contributed by atoms with Crippen LogP contribution in [-0.4, -0.2) is 26.1 Å². The van der Waals surface area contributed by atoms with Gasteiger partial charge in [0.2, 0.25) is 0 Å². The quantitative estimate of drug-likeness (QED) is 0.708. The SMILES string of the molecule is CC(C)CC(C)N(C)Cc1ccc([Si](C)(C)C)cc1. The van der Waals surface area contributed by atoms with Crippen LogP contribution in [0.3, 0.4) is 0 Å². The lowest BCUT2D eigenvalue weighted by Crippen LogP contribution is -2.37. The highest BCUT2D eigenvalue weighted by atomic mass is 28.3. The Labute approximate surface area is 121 Å². The number of rotatable bonds is 6. The Kier molecular flexibility index (Phi) is 5.81. The number of nitrogens with zero attached hydrogens (tertiary/aromatic N) is 1. The van der Waals surface area contributed by atoms with Gasteiger partial charge in [-0.05, 0) is 31.9 Å². The summed E-state index contributed by atoms with van der Waals surface area (Å²) >= 11 is 0. The van der Waals surface area contributed by atoms with Gasteiger partial charge in [-0.25, -0.2) is 0 Å². The van der Waals surface area contributed by atoms with Crippen LogP contribution in [0.25, 0.3) is 0 Å². The second-order valence-electron chi connectivity index (χ2n) is 7.34. The molecule has 0 spiro atoms. The summed E-state index contributed by atoms with van der Waals surface area (Å²) in [6.07, 6.45) is 1.27. The molecule has 1 nitrogen and oxygen atoms in total. The van der Waals surface area contributed by atoms with Crippen LogP contribution in [0.1, 0.15) is 32.8 Å². The van der Waals surface area contributed by atoms with Crippen molar-refractivity contribution in [1.29, 1.82) is 0 Å². The first-order valence-electron chi connectivity index (χ1n) is 7.50. The van der Waals surface area contributed by atoms with Gasteiger partial charge in [-0.1, -0.05) is 62.9 Å². The lowest BCUT2D eigenvalue weighted by atomic mass is 10.0. The minimum absolute atomic E-state index is 0.650. The Morgan fingerprint density at radius 2 is 1.53 bits per heavy atom. The zero-order valence-corrected chi connectivity index (χ0v) is 14.8. The molecule has 0 bridgehead atoms. The first-order chi connectivity index (χ1) is 8.70. The van der Waals surface area contributed by atoms with Crippen molar-refractivity contribution in [2.24, 2.45) is 5.92 Å². The molecule has 108 valence electrons. The van der Waals surface area contributed by atoms with Gasteiger partial charge in [-0.2, -0.15) is 0 Å². The molecule has 0 aliphatic rings. The average Bonchev–Trinajstić information content (AvgIpc) is 2.27. The maximum Gasteiger partial charge on any atom is 0.0775 e. The molecule has 1 atom stereocenters. The summed E-state index contributed by atoms with van der Waals surface area (Å²) in [6, 6.07) is 9.94. The molecule has 1 aromatic rings. The molecule has 0 radical (unpaired) electrons. The summed E-state index contributed by atoms with van der Waals surface area (Å²) in [4.78, 5) is 2.46. The van der Waals surface area contributed by atoms with E-state index in [-0.39, 0.29) is 0 Å². The highest BCUT2D eigenvalue weighted by molar-refractivity contribution is 6.88. The Balaban J connectivity index is 2.63. The van der Waals surface area contributed by atoms with Crippen molar-refractivity contribution in [2.45, 2.75) is 59.4 Å². The van der Waals surface area contributed by atoms with E-state index in [9.17, 15) is 0 Å². The molecule has 0 amide bonds. The Morgan fingerprint density at radius 1 is 1.00 bits per heavy atom. The molecule has 0 aromatic heterocycles. The Morgan fingerprint density at radius 3 is 1.95 bits per heavy atom. The molecule has 1 rings (SSSR count). The van der Waals surface area contributed by atoms with Crippen LogP contribution in [0.4, 0.5) is 0 Å². The molecule has 0 heterocycles. The van der Waals surface area contributed by atoms with Gasteiger partial charge in [-0.3, -0.25) is 4.90 Å². The second-order valence-corrected chi connectivity index (χ2v) is 12.4. The highest BCUT2D eigenvalue weighted by Gasteiger charge is 2.16. The van der Waals surface area contributed by atoms with Gasteiger partial charge in [0, 0.05) is 12.6 Å². The minimum Gasteiger partial charge on any atom is -0.299 e. The molecule has 0 N–H and O–H groups in total. The molecule has 0 saturated carbocycles. The maximum absolute atomic E-state index is 2.46. The van der Waals surface area contributed by atoms with E-state index >= 15 is 0 Å². The zero-order valence-electron chi connectivity index (χ0n) is 13.8. The number of benzene rings is 1. The van der Waals surface area contributed by atoms with E-state index < -0.39 is 8.07 Å². The van der Waals surface area contributed by atoms with E-state index in [1.165, 1.54) is 12.0 Å². The van der Waals surface area contributed by atoms with Gasteiger partial charge in [0.05, 0.1) is 8.07 Å². The predicted octanol–water partition coefficient (Wildman–Crippen LogP) is 4.10.